The van der Waals surface area contributed by atoms with Gasteiger partial charge in [0.15, 0.2) is 0 Å². The highest BCUT2D eigenvalue weighted by Gasteiger charge is 2.23. The van der Waals surface area contributed by atoms with Crippen molar-refractivity contribution in [1.82, 2.24) is 0 Å². The maximum absolute atomic E-state index is 9.26. The first-order chi connectivity index (χ1) is 10.3. The maximum atomic E-state index is 9.26. The lowest BCUT2D eigenvalue weighted by Gasteiger charge is -2.32. The van der Waals surface area contributed by atoms with E-state index < -0.39 is 0 Å². The zero-order valence-corrected chi connectivity index (χ0v) is 12.6. The average Bonchev–Trinajstić information content (AvgIpc) is 2.55. The number of anilines is 1. The summed E-state index contributed by atoms with van der Waals surface area (Å²) in [5.41, 5.74) is 1.93. The summed E-state index contributed by atoms with van der Waals surface area (Å²) in [6, 6.07) is 15.1. The van der Waals surface area contributed by atoms with E-state index in [1.54, 1.807) is 0 Å². The summed E-state index contributed by atoms with van der Waals surface area (Å²) in [5, 5.41) is 15.2. The van der Waals surface area contributed by atoms with Gasteiger partial charge in [0, 0.05) is 22.5 Å². The Labute approximate surface area is 126 Å². The van der Waals surface area contributed by atoms with Crippen LogP contribution in [0.5, 0.6) is 0 Å². The van der Waals surface area contributed by atoms with Gasteiger partial charge in [-0.15, -0.1) is 0 Å². The van der Waals surface area contributed by atoms with Crippen LogP contribution in [-0.4, -0.2) is 6.04 Å². The minimum Gasteiger partial charge on any atom is -0.382 e. The van der Waals surface area contributed by atoms with E-state index in [-0.39, 0.29) is 0 Å². The van der Waals surface area contributed by atoms with Crippen LogP contribution in [0.15, 0.2) is 36.4 Å². The van der Waals surface area contributed by atoms with Gasteiger partial charge in [0.05, 0.1) is 11.6 Å². The average molecular weight is 278 g/mol. The second-order valence-corrected chi connectivity index (χ2v) is 6.02. The summed E-state index contributed by atoms with van der Waals surface area (Å²) in [6.07, 6.45) is 6.52. The largest absolute Gasteiger partial charge is 0.382 e. The molecule has 108 valence electrons. The molecule has 1 fully saturated rings. The Morgan fingerprint density at radius 3 is 2.62 bits per heavy atom. The maximum Gasteiger partial charge on any atom is 0.0998 e. The van der Waals surface area contributed by atoms with E-state index in [1.807, 2.05) is 24.3 Å². The minimum absolute atomic E-state index is 0.570. The predicted octanol–water partition coefficient (Wildman–Crippen LogP) is 5.09. The predicted molar refractivity (Wildman–Crippen MR) is 88.3 cm³/mol. The van der Waals surface area contributed by atoms with Crippen molar-refractivity contribution in [3.63, 3.8) is 0 Å². The Balaban J connectivity index is 1.96. The van der Waals surface area contributed by atoms with Crippen LogP contribution in [0.4, 0.5) is 5.69 Å². The highest BCUT2D eigenvalue weighted by molar-refractivity contribution is 5.97. The van der Waals surface area contributed by atoms with Gasteiger partial charge in [-0.05, 0) is 30.9 Å². The Kier molecular flexibility index (Phi) is 4.10. The second-order valence-electron chi connectivity index (χ2n) is 6.02. The Morgan fingerprint density at radius 2 is 1.86 bits per heavy atom. The zero-order chi connectivity index (χ0) is 14.7. The van der Waals surface area contributed by atoms with Gasteiger partial charge in [0.25, 0.3) is 0 Å². The first kappa shape index (κ1) is 13.9. The van der Waals surface area contributed by atoms with Crippen molar-refractivity contribution in [3.05, 3.63) is 42.0 Å². The number of hydrogen-bond donors (Lipinski definition) is 1. The first-order valence-electron chi connectivity index (χ1n) is 8.02. The standard InChI is InChI=1S/C19H22N2/c1-2-14-7-3-6-10-18(14)21-19-12-11-15(13-20)16-8-4-5-9-17(16)19/h4-5,8-9,11-12,14,18,21H,2-3,6-7,10H2,1H3. The molecule has 2 heteroatoms. The van der Waals surface area contributed by atoms with Crippen molar-refractivity contribution in [2.45, 2.75) is 45.1 Å². The molecule has 0 aliphatic heterocycles. The third-order valence-electron chi connectivity index (χ3n) is 4.82. The molecule has 0 aromatic heterocycles. The lowest BCUT2D eigenvalue weighted by molar-refractivity contribution is 0.317. The lowest BCUT2D eigenvalue weighted by atomic mass is 9.82. The molecule has 2 atom stereocenters. The summed E-state index contributed by atoms with van der Waals surface area (Å²) in [5.74, 6) is 0.771. The normalized spacial score (nSPS) is 21.9. The smallest absolute Gasteiger partial charge is 0.0998 e. The van der Waals surface area contributed by atoms with E-state index in [0.717, 1.165) is 22.3 Å². The molecule has 1 aliphatic carbocycles. The van der Waals surface area contributed by atoms with E-state index in [2.05, 4.69) is 30.4 Å². The number of nitrogens with zero attached hydrogens (tertiary/aromatic N) is 1. The molecular formula is C19H22N2. The number of hydrogen-bond acceptors (Lipinski definition) is 2. The summed E-state index contributed by atoms with van der Waals surface area (Å²) in [7, 11) is 0. The van der Waals surface area contributed by atoms with Crippen molar-refractivity contribution in [3.8, 4) is 6.07 Å². The number of rotatable bonds is 3. The molecule has 2 aromatic rings. The van der Waals surface area contributed by atoms with Crippen LogP contribution in [0.2, 0.25) is 0 Å². The van der Waals surface area contributed by atoms with Crippen LogP contribution in [0.1, 0.15) is 44.6 Å². The Morgan fingerprint density at radius 1 is 1.10 bits per heavy atom. The van der Waals surface area contributed by atoms with Crippen molar-refractivity contribution < 1.29 is 0 Å². The van der Waals surface area contributed by atoms with E-state index in [1.165, 1.54) is 37.8 Å². The number of nitriles is 1. The zero-order valence-electron chi connectivity index (χ0n) is 12.6. The van der Waals surface area contributed by atoms with Gasteiger partial charge in [0.2, 0.25) is 0 Å². The number of nitrogens with one attached hydrogen (secondary N) is 1. The topological polar surface area (TPSA) is 35.8 Å². The molecule has 0 heterocycles. The summed E-state index contributed by atoms with van der Waals surface area (Å²) >= 11 is 0. The van der Waals surface area contributed by atoms with Gasteiger partial charge in [0.1, 0.15) is 0 Å². The van der Waals surface area contributed by atoms with Gasteiger partial charge in [-0.2, -0.15) is 5.26 Å². The lowest BCUT2D eigenvalue weighted by Crippen LogP contribution is -2.31. The van der Waals surface area contributed by atoms with Gasteiger partial charge in [-0.1, -0.05) is 50.5 Å². The molecule has 1 aliphatic rings. The highest BCUT2D eigenvalue weighted by atomic mass is 14.9. The number of fused-ring (bicyclic) bond motifs is 1. The molecule has 21 heavy (non-hydrogen) atoms. The van der Waals surface area contributed by atoms with Gasteiger partial charge in [-0.3, -0.25) is 0 Å². The quantitative estimate of drug-likeness (QED) is 0.848. The molecule has 0 spiro atoms. The van der Waals surface area contributed by atoms with E-state index in [4.69, 9.17) is 0 Å². The molecule has 0 bridgehead atoms. The van der Waals surface area contributed by atoms with Crippen molar-refractivity contribution in [2.24, 2.45) is 5.92 Å². The summed E-state index contributed by atoms with van der Waals surface area (Å²) in [6.45, 7) is 2.29. The molecule has 0 saturated heterocycles. The molecule has 2 aromatic carbocycles. The van der Waals surface area contributed by atoms with Crippen LogP contribution >= 0.6 is 0 Å². The van der Waals surface area contributed by atoms with Crippen LogP contribution in [0, 0.1) is 17.2 Å². The SMILES string of the molecule is CCC1CCCCC1Nc1ccc(C#N)c2ccccc12. The summed E-state index contributed by atoms with van der Waals surface area (Å²) in [4.78, 5) is 0. The summed E-state index contributed by atoms with van der Waals surface area (Å²) < 4.78 is 0. The van der Waals surface area contributed by atoms with Gasteiger partial charge >= 0.3 is 0 Å². The van der Waals surface area contributed by atoms with Crippen molar-refractivity contribution in [1.29, 1.82) is 5.26 Å². The highest BCUT2D eigenvalue weighted by Crippen LogP contribution is 2.32. The minimum atomic E-state index is 0.570. The molecule has 0 amide bonds. The van der Waals surface area contributed by atoms with Crippen LogP contribution in [0.25, 0.3) is 10.8 Å². The molecule has 0 radical (unpaired) electrons. The molecule has 2 nitrogen and oxygen atoms in total. The van der Waals surface area contributed by atoms with E-state index >= 15 is 0 Å². The van der Waals surface area contributed by atoms with E-state index in [9.17, 15) is 5.26 Å². The molecule has 2 unspecified atom stereocenters. The third-order valence-corrected chi connectivity index (χ3v) is 4.82. The fourth-order valence-electron chi connectivity index (χ4n) is 3.61. The molecular weight excluding hydrogens is 256 g/mol. The van der Waals surface area contributed by atoms with Gasteiger partial charge < -0.3 is 5.32 Å². The first-order valence-corrected chi connectivity index (χ1v) is 8.02. The third kappa shape index (κ3) is 2.74. The fourth-order valence-corrected chi connectivity index (χ4v) is 3.61. The van der Waals surface area contributed by atoms with Crippen LogP contribution < -0.4 is 5.32 Å². The molecule has 1 saturated carbocycles. The van der Waals surface area contributed by atoms with E-state index in [0.29, 0.717) is 6.04 Å². The van der Waals surface area contributed by atoms with Crippen molar-refractivity contribution in [2.75, 3.05) is 5.32 Å². The monoisotopic (exact) mass is 278 g/mol. The second kappa shape index (κ2) is 6.18. The number of benzene rings is 2. The Bertz CT molecular complexity index is 669. The molecule has 1 N–H and O–H groups in total. The van der Waals surface area contributed by atoms with Gasteiger partial charge in [-0.25, -0.2) is 0 Å². The fraction of sp³-hybridized carbons (Fsp3) is 0.421. The van der Waals surface area contributed by atoms with Crippen molar-refractivity contribution >= 4 is 16.5 Å². The van der Waals surface area contributed by atoms with Crippen LogP contribution in [-0.2, 0) is 0 Å². The molecule has 3 rings (SSSR count). The van der Waals surface area contributed by atoms with Crippen LogP contribution in [0.3, 0.4) is 0 Å². The Hall–Kier alpha value is -2.01.